The second-order valence-corrected chi connectivity index (χ2v) is 17.3. The molecule has 43 heavy (non-hydrogen) atoms. The summed E-state index contributed by atoms with van der Waals surface area (Å²) >= 11 is 0. The van der Waals surface area contributed by atoms with Gasteiger partial charge in [0.25, 0.3) is 0 Å². The fourth-order valence-corrected chi connectivity index (χ4v) is 10.2. The van der Waals surface area contributed by atoms with Crippen LogP contribution in [0.2, 0.25) is 0 Å². The van der Waals surface area contributed by atoms with Gasteiger partial charge in [0.1, 0.15) is 5.60 Å². The van der Waals surface area contributed by atoms with Crippen molar-refractivity contribution < 1.29 is 29.3 Å². The number of aliphatic carboxylic acids is 2. The van der Waals surface area contributed by atoms with Crippen molar-refractivity contribution >= 4 is 11.9 Å². The largest absolute Gasteiger partial charge is 0.480 e. The fourth-order valence-electron chi connectivity index (χ4n) is 10.2. The Kier molecular flexibility index (Phi) is 9.82. The summed E-state index contributed by atoms with van der Waals surface area (Å²) in [6.45, 7) is 16.8. The van der Waals surface area contributed by atoms with E-state index in [1.807, 2.05) is 0 Å². The molecule has 8 nitrogen and oxygen atoms in total. The molecule has 4 fully saturated rings. The zero-order valence-corrected chi connectivity index (χ0v) is 28.5. The number of carboxylic acids is 2. The van der Waals surface area contributed by atoms with Crippen molar-refractivity contribution in [2.75, 3.05) is 6.61 Å². The molecule has 4 rings (SSSR count). The number of piperidine rings is 2. The topological polar surface area (TPSA) is 117 Å². The van der Waals surface area contributed by atoms with E-state index >= 15 is 0 Å². The standard InChI is InChI=1S/C35H62N2O6/c1-29(2)20-25(21-30(3,4)36-29)35(26-22-31(5,6)37-32(7,8)23-26)34(27(38)39,28(40)41)24-42-33(43-35)18-16-14-12-10-9-11-13-15-17-19-33/h25-26,36-37H,9-24H2,1-8H3,(H,38,39)(H,40,41). The second-order valence-electron chi connectivity index (χ2n) is 17.3. The van der Waals surface area contributed by atoms with E-state index in [1.54, 1.807) is 0 Å². The zero-order chi connectivity index (χ0) is 32.0. The summed E-state index contributed by atoms with van der Waals surface area (Å²) in [5, 5.41) is 29.8. The van der Waals surface area contributed by atoms with Gasteiger partial charge in [-0.05, 0) is 106 Å². The van der Waals surface area contributed by atoms with Gasteiger partial charge in [-0.15, -0.1) is 0 Å². The van der Waals surface area contributed by atoms with E-state index in [0.29, 0.717) is 38.5 Å². The molecule has 3 saturated heterocycles. The van der Waals surface area contributed by atoms with Gasteiger partial charge >= 0.3 is 11.9 Å². The van der Waals surface area contributed by atoms with Crippen molar-refractivity contribution in [3.05, 3.63) is 0 Å². The molecule has 4 N–H and O–H groups in total. The number of rotatable bonds is 4. The van der Waals surface area contributed by atoms with Crippen molar-refractivity contribution in [3.8, 4) is 0 Å². The predicted molar refractivity (Wildman–Crippen MR) is 169 cm³/mol. The molecule has 3 aliphatic heterocycles. The van der Waals surface area contributed by atoms with Crippen LogP contribution in [-0.4, -0.2) is 62.3 Å². The first-order valence-electron chi connectivity index (χ1n) is 17.2. The van der Waals surface area contributed by atoms with Crippen LogP contribution in [0.5, 0.6) is 0 Å². The van der Waals surface area contributed by atoms with Crippen LogP contribution in [0.3, 0.4) is 0 Å². The third-order valence-electron chi connectivity index (χ3n) is 11.0. The fraction of sp³-hybridized carbons (Fsp3) is 0.943. The number of hydrogen-bond acceptors (Lipinski definition) is 6. The number of nitrogens with one attached hydrogen (secondary N) is 2. The number of ether oxygens (including phenoxy) is 2. The number of carboxylic acid groups (broad SMARTS) is 2. The maximum Gasteiger partial charge on any atom is 0.326 e. The van der Waals surface area contributed by atoms with E-state index in [2.05, 4.69) is 66.0 Å². The molecule has 0 aromatic carbocycles. The Labute approximate surface area is 260 Å². The van der Waals surface area contributed by atoms with E-state index < -0.39 is 28.7 Å². The smallest absolute Gasteiger partial charge is 0.326 e. The van der Waals surface area contributed by atoms with E-state index in [9.17, 15) is 19.8 Å². The third-order valence-corrected chi connectivity index (χ3v) is 11.0. The Hall–Kier alpha value is -1.22. The highest BCUT2D eigenvalue weighted by molar-refractivity contribution is 6.00. The van der Waals surface area contributed by atoms with Gasteiger partial charge in [-0.2, -0.15) is 0 Å². The molecule has 1 aliphatic carbocycles. The van der Waals surface area contributed by atoms with Crippen LogP contribution in [0.1, 0.15) is 152 Å². The van der Waals surface area contributed by atoms with Crippen molar-refractivity contribution in [2.45, 2.75) is 185 Å². The van der Waals surface area contributed by atoms with Gasteiger partial charge in [-0.1, -0.05) is 44.9 Å². The normalized spacial score (nSPS) is 30.9. The summed E-state index contributed by atoms with van der Waals surface area (Å²) in [6, 6.07) is 0. The van der Waals surface area contributed by atoms with Gasteiger partial charge in [-0.25, -0.2) is 0 Å². The average Bonchev–Trinajstić information content (AvgIpc) is 2.82. The summed E-state index contributed by atoms with van der Waals surface area (Å²) in [7, 11) is 0. The third kappa shape index (κ3) is 7.12. The highest BCUT2D eigenvalue weighted by Gasteiger charge is 2.75. The molecule has 0 atom stereocenters. The summed E-state index contributed by atoms with van der Waals surface area (Å²) in [5.74, 6) is -4.28. The van der Waals surface area contributed by atoms with Crippen LogP contribution in [0.4, 0.5) is 0 Å². The van der Waals surface area contributed by atoms with Crippen molar-refractivity contribution in [1.82, 2.24) is 10.6 Å². The minimum Gasteiger partial charge on any atom is -0.480 e. The van der Waals surface area contributed by atoms with Crippen LogP contribution in [0.25, 0.3) is 0 Å². The van der Waals surface area contributed by atoms with Crippen molar-refractivity contribution in [1.29, 1.82) is 0 Å². The molecule has 0 bridgehead atoms. The van der Waals surface area contributed by atoms with Gasteiger partial charge in [0.15, 0.2) is 5.79 Å². The molecular formula is C35H62N2O6. The first-order chi connectivity index (χ1) is 19.8. The molecule has 4 aliphatic rings. The Morgan fingerprint density at radius 1 is 0.581 bits per heavy atom. The summed E-state index contributed by atoms with van der Waals surface area (Å²) < 4.78 is 14.1. The maximum absolute atomic E-state index is 13.7. The van der Waals surface area contributed by atoms with Crippen LogP contribution in [0, 0.1) is 17.3 Å². The molecule has 0 amide bonds. The number of carbonyl (C=O) groups is 2. The first kappa shape index (κ1) is 34.6. The first-order valence-corrected chi connectivity index (χ1v) is 17.2. The van der Waals surface area contributed by atoms with Crippen molar-refractivity contribution in [3.63, 3.8) is 0 Å². The Balaban J connectivity index is 1.96. The maximum atomic E-state index is 13.7. The molecular weight excluding hydrogens is 544 g/mol. The van der Waals surface area contributed by atoms with Gasteiger partial charge in [-0.3, -0.25) is 9.59 Å². The molecule has 0 aromatic heterocycles. The highest BCUT2D eigenvalue weighted by atomic mass is 16.7. The monoisotopic (exact) mass is 606 g/mol. The van der Waals surface area contributed by atoms with Gasteiger partial charge in [0.05, 0.1) is 6.61 Å². The summed E-state index contributed by atoms with van der Waals surface area (Å²) in [4.78, 5) is 27.3. The quantitative estimate of drug-likeness (QED) is 0.252. The highest BCUT2D eigenvalue weighted by Crippen LogP contribution is 2.61. The lowest BCUT2D eigenvalue weighted by Crippen LogP contribution is -2.78. The SMILES string of the molecule is CC1(C)CC(C2(C3CC(C)(C)NC(C)(C)C3)OC3(CCCCCCCCCCC3)OCC2(C(=O)O)C(=O)O)CC(C)(C)N1. The Bertz CT molecular complexity index is 922. The molecule has 0 aromatic rings. The number of hydrogen-bond donors (Lipinski definition) is 4. The van der Waals surface area contributed by atoms with Gasteiger partial charge in [0, 0.05) is 35.0 Å². The lowest BCUT2D eigenvalue weighted by atomic mass is 9.50. The molecule has 0 radical (unpaired) electrons. The molecule has 1 spiro atoms. The lowest BCUT2D eigenvalue weighted by molar-refractivity contribution is -0.397. The average molecular weight is 607 g/mol. The molecule has 8 heteroatoms. The van der Waals surface area contributed by atoms with E-state index in [0.717, 1.165) is 25.7 Å². The minimum atomic E-state index is -2.23. The van der Waals surface area contributed by atoms with Gasteiger partial charge < -0.3 is 30.3 Å². The van der Waals surface area contributed by atoms with Crippen LogP contribution in [0.15, 0.2) is 0 Å². The molecule has 3 heterocycles. The van der Waals surface area contributed by atoms with E-state index in [-0.39, 0.29) is 40.6 Å². The van der Waals surface area contributed by atoms with E-state index in [1.165, 1.54) is 32.1 Å². The van der Waals surface area contributed by atoms with Crippen LogP contribution < -0.4 is 10.6 Å². The lowest BCUT2D eigenvalue weighted by Gasteiger charge is -2.65. The summed E-state index contributed by atoms with van der Waals surface area (Å²) in [6.07, 6.45) is 13.9. The minimum absolute atomic E-state index is 0.303. The molecule has 0 unspecified atom stereocenters. The second kappa shape index (κ2) is 12.2. The Morgan fingerprint density at radius 2 is 0.907 bits per heavy atom. The van der Waals surface area contributed by atoms with Crippen LogP contribution in [-0.2, 0) is 19.1 Å². The van der Waals surface area contributed by atoms with E-state index in [4.69, 9.17) is 9.47 Å². The molecule has 1 saturated carbocycles. The summed E-state index contributed by atoms with van der Waals surface area (Å²) in [5.41, 5.74) is -5.02. The van der Waals surface area contributed by atoms with Crippen LogP contribution >= 0.6 is 0 Å². The molecule has 248 valence electrons. The zero-order valence-electron chi connectivity index (χ0n) is 28.5. The van der Waals surface area contributed by atoms with Gasteiger partial charge in [0.2, 0.25) is 5.41 Å². The predicted octanol–water partition coefficient (Wildman–Crippen LogP) is 7.04. The van der Waals surface area contributed by atoms with Crippen molar-refractivity contribution in [2.24, 2.45) is 17.3 Å². The Morgan fingerprint density at radius 3 is 1.23 bits per heavy atom.